The van der Waals surface area contributed by atoms with Gasteiger partial charge in [0.15, 0.2) is 0 Å². The van der Waals surface area contributed by atoms with E-state index in [0.29, 0.717) is 17.8 Å². The second-order valence-corrected chi connectivity index (χ2v) is 6.60. The summed E-state index contributed by atoms with van der Waals surface area (Å²) in [4.78, 5) is 36.8. The molecule has 1 aliphatic rings. The standard InChI is InChI=1S/C20H23N3O3/c1-3-21-18(24)12(2)22-20(26)16-10-14-6-4-5-7-15(14)11-17(16)23-19(25)13-8-9-13/h4-7,10-13H,3,8-9H2,1-2H3,(H,21,24)(H,22,26)(H,23,25). The molecule has 0 bridgehead atoms. The Morgan fingerprint density at radius 1 is 1.12 bits per heavy atom. The first-order chi connectivity index (χ1) is 12.5. The molecule has 0 radical (unpaired) electrons. The van der Waals surface area contributed by atoms with Crippen LogP contribution in [0.2, 0.25) is 0 Å². The molecule has 3 rings (SSSR count). The average Bonchev–Trinajstić information content (AvgIpc) is 3.46. The molecule has 0 aliphatic heterocycles. The molecule has 3 amide bonds. The second-order valence-electron chi connectivity index (χ2n) is 6.60. The lowest BCUT2D eigenvalue weighted by Crippen LogP contribution is -2.44. The lowest BCUT2D eigenvalue weighted by molar-refractivity contribution is -0.122. The van der Waals surface area contributed by atoms with Crippen LogP contribution < -0.4 is 16.0 Å². The van der Waals surface area contributed by atoms with E-state index >= 15 is 0 Å². The molecule has 2 aromatic rings. The van der Waals surface area contributed by atoms with E-state index in [0.717, 1.165) is 23.6 Å². The Morgan fingerprint density at radius 2 is 1.77 bits per heavy atom. The molecule has 6 nitrogen and oxygen atoms in total. The van der Waals surface area contributed by atoms with Gasteiger partial charge >= 0.3 is 0 Å². The minimum absolute atomic E-state index is 0.0339. The summed E-state index contributed by atoms with van der Waals surface area (Å²) < 4.78 is 0. The van der Waals surface area contributed by atoms with Gasteiger partial charge in [0, 0.05) is 12.5 Å². The van der Waals surface area contributed by atoms with Crippen molar-refractivity contribution >= 4 is 34.2 Å². The molecule has 1 fully saturated rings. The molecule has 1 unspecified atom stereocenters. The van der Waals surface area contributed by atoms with Crippen LogP contribution >= 0.6 is 0 Å². The van der Waals surface area contributed by atoms with E-state index in [1.54, 1.807) is 19.1 Å². The van der Waals surface area contributed by atoms with Crippen LogP contribution in [0.3, 0.4) is 0 Å². The van der Waals surface area contributed by atoms with Crippen molar-refractivity contribution in [1.29, 1.82) is 0 Å². The Morgan fingerprint density at radius 3 is 2.38 bits per heavy atom. The summed E-state index contributed by atoms with van der Waals surface area (Å²) in [6, 6.07) is 10.5. The number of rotatable bonds is 6. The van der Waals surface area contributed by atoms with E-state index in [4.69, 9.17) is 0 Å². The van der Waals surface area contributed by atoms with Gasteiger partial charge in [-0.2, -0.15) is 0 Å². The summed E-state index contributed by atoms with van der Waals surface area (Å²) in [6.07, 6.45) is 1.77. The number of amides is 3. The van der Waals surface area contributed by atoms with Gasteiger partial charge in [-0.3, -0.25) is 14.4 Å². The van der Waals surface area contributed by atoms with Gasteiger partial charge in [0.2, 0.25) is 11.8 Å². The summed E-state index contributed by atoms with van der Waals surface area (Å²) in [7, 11) is 0. The van der Waals surface area contributed by atoms with Gasteiger partial charge in [-0.05, 0) is 49.6 Å². The lowest BCUT2D eigenvalue weighted by Gasteiger charge is -2.16. The molecule has 26 heavy (non-hydrogen) atoms. The molecule has 1 atom stereocenters. The van der Waals surface area contributed by atoms with Gasteiger partial charge in [-0.25, -0.2) is 0 Å². The predicted molar refractivity (Wildman–Crippen MR) is 101 cm³/mol. The van der Waals surface area contributed by atoms with Gasteiger partial charge in [0.1, 0.15) is 6.04 Å². The van der Waals surface area contributed by atoms with Gasteiger partial charge in [0.25, 0.3) is 5.91 Å². The maximum absolute atomic E-state index is 12.8. The number of fused-ring (bicyclic) bond motifs is 1. The van der Waals surface area contributed by atoms with E-state index in [-0.39, 0.29) is 23.6 Å². The number of carbonyl (C=O) groups excluding carboxylic acids is 3. The highest BCUT2D eigenvalue weighted by Crippen LogP contribution is 2.32. The fraction of sp³-hybridized carbons (Fsp3) is 0.350. The summed E-state index contributed by atoms with van der Waals surface area (Å²) in [5.41, 5.74) is 0.829. The molecule has 0 saturated heterocycles. The Bertz CT molecular complexity index is 859. The van der Waals surface area contributed by atoms with Gasteiger partial charge in [-0.1, -0.05) is 24.3 Å². The van der Waals surface area contributed by atoms with Crippen LogP contribution in [-0.2, 0) is 9.59 Å². The van der Waals surface area contributed by atoms with Crippen molar-refractivity contribution in [2.45, 2.75) is 32.7 Å². The molecular formula is C20H23N3O3. The van der Waals surface area contributed by atoms with Crippen LogP contribution in [0, 0.1) is 5.92 Å². The number of hydrogen-bond donors (Lipinski definition) is 3. The molecule has 2 aromatic carbocycles. The van der Waals surface area contributed by atoms with Gasteiger partial charge in [-0.15, -0.1) is 0 Å². The van der Waals surface area contributed by atoms with Crippen LogP contribution in [0.4, 0.5) is 5.69 Å². The van der Waals surface area contributed by atoms with Crippen molar-refractivity contribution in [2.24, 2.45) is 5.92 Å². The third-order valence-electron chi connectivity index (χ3n) is 4.43. The molecule has 0 aromatic heterocycles. The first kappa shape index (κ1) is 17.9. The van der Waals surface area contributed by atoms with Crippen molar-refractivity contribution in [3.8, 4) is 0 Å². The largest absolute Gasteiger partial charge is 0.355 e. The van der Waals surface area contributed by atoms with Crippen molar-refractivity contribution in [2.75, 3.05) is 11.9 Å². The highest BCUT2D eigenvalue weighted by atomic mass is 16.2. The minimum atomic E-state index is -0.666. The zero-order chi connectivity index (χ0) is 18.7. The molecule has 1 aliphatic carbocycles. The van der Waals surface area contributed by atoms with Crippen LogP contribution in [0.15, 0.2) is 36.4 Å². The summed E-state index contributed by atoms with van der Waals surface area (Å²) >= 11 is 0. The monoisotopic (exact) mass is 353 g/mol. The molecule has 1 saturated carbocycles. The Kier molecular flexibility index (Phi) is 5.21. The molecule has 0 spiro atoms. The zero-order valence-electron chi connectivity index (χ0n) is 15.0. The maximum atomic E-state index is 12.8. The van der Waals surface area contributed by atoms with Gasteiger partial charge in [0.05, 0.1) is 11.3 Å². The van der Waals surface area contributed by atoms with Crippen LogP contribution in [0.5, 0.6) is 0 Å². The van der Waals surface area contributed by atoms with Crippen LogP contribution in [0.1, 0.15) is 37.0 Å². The SMILES string of the molecule is CCNC(=O)C(C)NC(=O)c1cc2ccccc2cc1NC(=O)C1CC1. The Balaban J connectivity index is 1.89. The first-order valence-corrected chi connectivity index (χ1v) is 8.91. The summed E-state index contributed by atoms with van der Waals surface area (Å²) in [6.45, 7) is 3.95. The molecule has 136 valence electrons. The fourth-order valence-electron chi connectivity index (χ4n) is 2.78. The number of likely N-dealkylation sites (N-methyl/N-ethyl adjacent to an activating group) is 1. The normalized spacial score (nSPS) is 14.5. The van der Waals surface area contributed by atoms with E-state index in [2.05, 4.69) is 16.0 Å². The smallest absolute Gasteiger partial charge is 0.254 e. The van der Waals surface area contributed by atoms with Crippen molar-refractivity contribution < 1.29 is 14.4 Å². The van der Waals surface area contributed by atoms with E-state index in [1.807, 2.05) is 31.2 Å². The minimum Gasteiger partial charge on any atom is -0.355 e. The van der Waals surface area contributed by atoms with Crippen molar-refractivity contribution in [1.82, 2.24) is 10.6 Å². The topological polar surface area (TPSA) is 87.3 Å². The third kappa shape index (κ3) is 4.02. The van der Waals surface area contributed by atoms with Crippen LogP contribution in [0.25, 0.3) is 10.8 Å². The quantitative estimate of drug-likeness (QED) is 0.745. The molecule has 0 heterocycles. The van der Waals surface area contributed by atoms with E-state index in [9.17, 15) is 14.4 Å². The summed E-state index contributed by atoms with van der Waals surface area (Å²) in [5, 5.41) is 10.1. The highest BCUT2D eigenvalue weighted by molar-refractivity contribution is 6.09. The lowest BCUT2D eigenvalue weighted by atomic mass is 10.0. The predicted octanol–water partition coefficient (Wildman–Crippen LogP) is 2.44. The van der Waals surface area contributed by atoms with Gasteiger partial charge < -0.3 is 16.0 Å². The maximum Gasteiger partial charge on any atom is 0.254 e. The van der Waals surface area contributed by atoms with Crippen molar-refractivity contribution in [3.63, 3.8) is 0 Å². The number of carbonyl (C=O) groups is 3. The average molecular weight is 353 g/mol. The number of nitrogens with one attached hydrogen (secondary N) is 3. The number of anilines is 1. The molecular weight excluding hydrogens is 330 g/mol. The zero-order valence-corrected chi connectivity index (χ0v) is 15.0. The molecule has 6 heteroatoms. The summed E-state index contributed by atoms with van der Waals surface area (Å²) in [5.74, 6) is -0.663. The van der Waals surface area contributed by atoms with Crippen LogP contribution in [-0.4, -0.2) is 30.3 Å². The number of benzene rings is 2. The van der Waals surface area contributed by atoms with Crippen molar-refractivity contribution in [3.05, 3.63) is 42.0 Å². The Hall–Kier alpha value is -2.89. The Labute approximate surface area is 152 Å². The second kappa shape index (κ2) is 7.56. The molecule has 3 N–H and O–H groups in total. The van der Waals surface area contributed by atoms with E-state index in [1.165, 1.54) is 0 Å². The van der Waals surface area contributed by atoms with E-state index < -0.39 is 6.04 Å². The third-order valence-corrected chi connectivity index (χ3v) is 4.43. The fourth-order valence-corrected chi connectivity index (χ4v) is 2.78. The highest BCUT2D eigenvalue weighted by Gasteiger charge is 2.30. The first-order valence-electron chi connectivity index (χ1n) is 8.91. The number of hydrogen-bond acceptors (Lipinski definition) is 3.